The van der Waals surface area contributed by atoms with Gasteiger partial charge < -0.3 is 15.1 Å². The van der Waals surface area contributed by atoms with E-state index in [0.29, 0.717) is 18.3 Å². The SMILES string of the molecule is C[C@H](NC(=O)CCC(=O)N1CCN(C)CC1)C12CC3CC(CC(C3)C1)C2. The maximum Gasteiger partial charge on any atom is 0.223 e. The van der Waals surface area contributed by atoms with Crippen molar-refractivity contribution in [3.05, 3.63) is 0 Å². The van der Waals surface area contributed by atoms with Gasteiger partial charge in [-0.3, -0.25) is 9.59 Å². The molecule has 5 nitrogen and oxygen atoms in total. The standard InChI is InChI=1S/C21H35N3O2/c1-15(21-12-16-9-17(13-21)11-18(10-16)14-21)22-19(25)3-4-20(26)24-7-5-23(2)6-8-24/h15-18H,3-14H2,1-2H3,(H,22,25)/t15-,16?,17?,18?,21?/m0/s1. The Hall–Kier alpha value is -1.10. The van der Waals surface area contributed by atoms with Gasteiger partial charge in [0.15, 0.2) is 0 Å². The Balaban J connectivity index is 1.25. The molecule has 4 bridgehead atoms. The molecule has 5 heteroatoms. The average Bonchev–Trinajstić information content (AvgIpc) is 2.59. The molecule has 1 aliphatic heterocycles. The number of rotatable bonds is 5. The molecule has 0 radical (unpaired) electrons. The van der Waals surface area contributed by atoms with E-state index < -0.39 is 0 Å². The Morgan fingerprint density at radius 3 is 2.04 bits per heavy atom. The monoisotopic (exact) mass is 361 g/mol. The average molecular weight is 362 g/mol. The van der Waals surface area contributed by atoms with Gasteiger partial charge in [0.2, 0.25) is 11.8 Å². The minimum atomic E-state index is 0.0655. The molecule has 4 saturated carbocycles. The molecule has 1 N–H and O–H groups in total. The first-order chi connectivity index (χ1) is 12.4. The zero-order valence-electron chi connectivity index (χ0n) is 16.5. The fourth-order valence-electron chi connectivity index (χ4n) is 6.61. The summed E-state index contributed by atoms with van der Waals surface area (Å²) in [6.07, 6.45) is 8.89. The fraction of sp³-hybridized carbons (Fsp3) is 0.905. The topological polar surface area (TPSA) is 52.7 Å². The number of hydrogen-bond acceptors (Lipinski definition) is 3. The largest absolute Gasteiger partial charge is 0.353 e. The molecule has 0 spiro atoms. The minimum Gasteiger partial charge on any atom is -0.353 e. The van der Waals surface area contributed by atoms with Gasteiger partial charge in [-0.25, -0.2) is 0 Å². The second-order valence-corrected chi connectivity index (χ2v) is 9.75. The van der Waals surface area contributed by atoms with E-state index in [1.54, 1.807) is 0 Å². The third-order valence-electron chi connectivity index (χ3n) is 7.80. The zero-order chi connectivity index (χ0) is 18.3. The number of amides is 2. The van der Waals surface area contributed by atoms with Gasteiger partial charge in [0.05, 0.1) is 0 Å². The smallest absolute Gasteiger partial charge is 0.223 e. The van der Waals surface area contributed by atoms with Crippen LogP contribution in [0.3, 0.4) is 0 Å². The summed E-state index contributed by atoms with van der Waals surface area (Å²) in [6.45, 7) is 5.66. The Bertz CT molecular complexity index is 518. The molecular weight excluding hydrogens is 326 g/mol. The van der Waals surface area contributed by atoms with E-state index in [1.807, 2.05) is 4.90 Å². The summed E-state index contributed by atoms with van der Waals surface area (Å²) in [5.74, 6) is 2.91. The number of likely N-dealkylation sites (N-methyl/N-ethyl adjacent to an activating group) is 1. The van der Waals surface area contributed by atoms with E-state index >= 15 is 0 Å². The molecule has 0 aromatic heterocycles. The summed E-state index contributed by atoms with van der Waals surface area (Å²) < 4.78 is 0. The lowest BCUT2D eigenvalue weighted by molar-refractivity contribution is -0.135. The van der Waals surface area contributed by atoms with Crippen LogP contribution in [-0.4, -0.2) is 60.9 Å². The van der Waals surface area contributed by atoms with Crippen LogP contribution in [0.25, 0.3) is 0 Å². The highest BCUT2D eigenvalue weighted by Crippen LogP contribution is 2.61. The molecule has 2 amide bonds. The first kappa shape index (κ1) is 18.3. The molecule has 5 fully saturated rings. The number of piperazine rings is 1. The first-order valence-electron chi connectivity index (χ1n) is 10.7. The lowest BCUT2D eigenvalue weighted by Crippen LogP contribution is -2.55. The summed E-state index contributed by atoms with van der Waals surface area (Å²) in [5.41, 5.74) is 0.339. The number of nitrogens with zero attached hydrogens (tertiary/aromatic N) is 2. The van der Waals surface area contributed by atoms with Crippen LogP contribution in [0.1, 0.15) is 58.3 Å². The summed E-state index contributed by atoms with van der Waals surface area (Å²) in [6, 6.07) is 0.252. The van der Waals surface area contributed by atoms with Crippen LogP contribution in [0, 0.1) is 23.2 Å². The molecule has 146 valence electrons. The summed E-state index contributed by atoms with van der Waals surface area (Å²) >= 11 is 0. The van der Waals surface area contributed by atoms with Crippen molar-refractivity contribution in [3.63, 3.8) is 0 Å². The molecule has 1 heterocycles. The Labute approximate surface area is 157 Å². The molecule has 5 aliphatic rings. The summed E-state index contributed by atoms with van der Waals surface area (Å²) in [4.78, 5) is 29.0. The van der Waals surface area contributed by atoms with Crippen LogP contribution in [0.5, 0.6) is 0 Å². The first-order valence-corrected chi connectivity index (χ1v) is 10.7. The van der Waals surface area contributed by atoms with Gasteiger partial charge in [-0.1, -0.05) is 0 Å². The maximum atomic E-state index is 12.5. The van der Waals surface area contributed by atoms with Crippen LogP contribution in [0.15, 0.2) is 0 Å². The number of nitrogens with one attached hydrogen (secondary N) is 1. The van der Waals surface area contributed by atoms with Gasteiger partial charge >= 0.3 is 0 Å². The van der Waals surface area contributed by atoms with Crippen molar-refractivity contribution in [2.45, 2.75) is 64.3 Å². The molecule has 0 unspecified atom stereocenters. The van der Waals surface area contributed by atoms with Gasteiger partial charge in [0, 0.05) is 45.1 Å². The summed E-state index contributed by atoms with van der Waals surface area (Å²) in [7, 11) is 2.08. The van der Waals surface area contributed by atoms with Gasteiger partial charge in [0.1, 0.15) is 0 Å². The third-order valence-corrected chi connectivity index (χ3v) is 7.80. The Morgan fingerprint density at radius 1 is 0.962 bits per heavy atom. The molecule has 0 aromatic carbocycles. The number of carbonyl (C=O) groups excluding carboxylic acids is 2. The van der Waals surface area contributed by atoms with Crippen LogP contribution >= 0.6 is 0 Å². The molecule has 1 saturated heterocycles. The molecule has 4 aliphatic carbocycles. The van der Waals surface area contributed by atoms with Crippen molar-refractivity contribution in [1.82, 2.24) is 15.1 Å². The van der Waals surface area contributed by atoms with Gasteiger partial charge in [-0.15, -0.1) is 0 Å². The summed E-state index contributed by atoms with van der Waals surface area (Å²) in [5, 5.41) is 3.28. The molecule has 26 heavy (non-hydrogen) atoms. The third kappa shape index (κ3) is 3.64. The predicted molar refractivity (Wildman–Crippen MR) is 102 cm³/mol. The fourth-order valence-corrected chi connectivity index (χ4v) is 6.61. The van der Waals surface area contributed by atoms with Crippen molar-refractivity contribution in [1.29, 1.82) is 0 Å². The van der Waals surface area contributed by atoms with Crippen molar-refractivity contribution in [3.8, 4) is 0 Å². The molecular formula is C21H35N3O2. The van der Waals surface area contributed by atoms with E-state index in [9.17, 15) is 9.59 Å². The van der Waals surface area contributed by atoms with E-state index in [0.717, 1.165) is 43.9 Å². The lowest BCUT2D eigenvalue weighted by Gasteiger charge is -2.59. The molecule has 0 aromatic rings. The molecule has 1 atom stereocenters. The molecule has 5 rings (SSSR count). The highest BCUT2D eigenvalue weighted by molar-refractivity contribution is 5.84. The normalized spacial score (nSPS) is 37.6. The number of hydrogen-bond donors (Lipinski definition) is 1. The van der Waals surface area contributed by atoms with Crippen LogP contribution in [-0.2, 0) is 9.59 Å². The van der Waals surface area contributed by atoms with E-state index in [4.69, 9.17) is 0 Å². The minimum absolute atomic E-state index is 0.0655. The van der Waals surface area contributed by atoms with Crippen molar-refractivity contribution >= 4 is 11.8 Å². The van der Waals surface area contributed by atoms with E-state index in [2.05, 4.69) is 24.2 Å². The van der Waals surface area contributed by atoms with Crippen LogP contribution < -0.4 is 5.32 Å². The van der Waals surface area contributed by atoms with E-state index in [1.165, 1.54) is 38.5 Å². The Morgan fingerprint density at radius 2 is 1.50 bits per heavy atom. The zero-order valence-corrected chi connectivity index (χ0v) is 16.5. The number of carbonyl (C=O) groups is 2. The Kier molecular flexibility index (Phi) is 5.02. The second kappa shape index (κ2) is 7.14. The van der Waals surface area contributed by atoms with Crippen molar-refractivity contribution < 1.29 is 9.59 Å². The van der Waals surface area contributed by atoms with Gasteiger partial charge in [0.25, 0.3) is 0 Å². The van der Waals surface area contributed by atoms with Gasteiger partial charge in [-0.05, 0) is 75.7 Å². The van der Waals surface area contributed by atoms with Crippen molar-refractivity contribution in [2.75, 3.05) is 33.2 Å². The lowest BCUT2D eigenvalue weighted by atomic mass is 9.48. The predicted octanol–water partition coefficient (Wildman–Crippen LogP) is 2.26. The quantitative estimate of drug-likeness (QED) is 0.817. The van der Waals surface area contributed by atoms with E-state index in [-0.39, 0.29) is 17.9 Å². The second-order valence-electron chi connectivity index (χ2n) is 9.75. The highest BCUT2D eigenvalue weighted by atomic mass is 16.2. The highest BCUT2D eigenvalue weighted by Gasteiger charge is 2.53. The van der Waals surface area contributed by atoms with Crippen LogP contribution in [0.4, 0.5) is 0 Å². The van der Waals surface area contributed by atoms with Gasteiger partial charge in [-0.2, -0.15) is 0 Å². The van der Waals surface area contributed by atoms with Crippen LogP contribution in [0.2, 0.25) is 0 Å². The van der Waals surface area contributed by atoms with Crippen molar-refractivity contribution in [2.24, 2.45) is 23.2 Å². The maximum absolute atomic E-state index is 12.5.